The van der Waals surface area contributed by atoms with Gasteiger partial charge in [-0.15, -0.1) is 0 Å². The summed E-state index contributed by atoms with van der Waals surface area (Å²) in [6.45, 7) is 3.27. The van der Waals surface area contributed by atoms with E-state index in [4.69, 9.17) is 19.7 Å². The molecule has 3 aliphatic rings. The summed E-state index contributed by atoms with van der Waals surface area (Å²) in [6.07, 6.45) is 3.29. The Hall–Kier alpha value is -3.31. The van der Waals surface area contributed by atoms with Crippen LogP contribution in [0.5, 0.6) is 17.2 Å². The van der Waals surface area contributed by atoms with Crippen LogP contribution < -0.4 is 10.1 Å². The van der Waals surface area contributed by atoms with Gasteiger partial charge in [0.2, 0.25) is 5.78 Å². The first kappa shape index (κ1) is 30.2. The molecule has 0 bridgehead atoms. The molecule has 0 amide bonds. The van der Waals surface area contributed by atoms with E-state index in [0.29, 0.717) is 12.0 Å². The fraction of sp³-hybridized carbons (Fsp3) is 0.483. The molecule has 5 rings (SSSR count). The maximum absolute atomic E-state index is 13.1. The average Bonchev–Trinajstić information content (AvgIpc) is 2.97. The molecule has 1 heterocycles. The molecule has 39 heavy (non-hydrogen) atoms. The smallest absolute Gasteiger partial charge is 0.202 e. The van der Waals surface area contributed by atoms with E-state index in [9.17, 15) is 24.6 Å². The zero-order valence-electron chi connectivity index (χ0n) is 22.6. The third kappa shape index (κ3) is 6.30. The van der Waals surface area contributed by atoms with Crippen LogP contribution in [0.25, 0.3) is 0 Å². The Bertz CT molecular complexity index is 1220. The zero-order valence-corrected chi connectivity index (χ0v) is 22.6. The average molecular weight is 544 g/mol. The quantitative estimate of drug-likeness (QED) is 0.309. The zero-order chi connectivity index (χ0) is 28.7. The molecule has 10 heteroatoms. The molecule has 0 saturated carbocycles. The van der Waals surface area contributed by atoms with Crippen LogP contribution in [0.2, 0.25) is 0 Å². The van der Waals surface area contributed by atoms with Crippen molar-refractivity contribution in [3.63, 3.8) is 0 Å². The van der Waals surface area contributed by atoms with Gasteiger partial charge in [-0.25, -0.2) is 0 Å². The molecule has 2 atom stereocenters. The Morgan fingerprint density at radius 1 is 1.05 bits per heavy atom. The number of carbonyl (C=O) groups is 3. The summed E-state index contributed by atoms with van der Waals surface area (Å²) in [5.41, 5.74) is 0.301. The molecule has 1 aliphatic heterocycles. The highest BCUT2D eigenvalue weighted by Crippen LogP contribution is 2.47. The second-order valence-electron chi connectivity index (χ2n) is 9.54. The van der Waals surface area contributed by atoms with Gasteiger partial charge in [0, 0.05) is 29.2 Å². The number of aromatic hydroxyl groups is 2. The first-order valence-corrected chi connectivity index (χ1v) is 13.1. The molecule has 2 aromatic rings. The summed E-state index contributed by atoms with van der Waals surface area (Å²) in [5.74, 6) is -2.56. The number of methoxy groups -OCH3 is 1. The summed E-state index contributed by atoms with van der Waals surface area (Å²) in [7, 11) is 3.31. The molecule has 0 radical (unpaired) electrons. The minimum atomic E-state index is -0.609. The van der Waals surface area contributed by atoms with Crippen LogP contribution in [0, 0.1) is 5.92 Å². The monoisotopic (exact) mass is 543 g/mol. The van der Waals surface area contributed by atoms with Crippen molar-refractivity contribution in [2.24, 2.45) is 5.92 Å². The number of Topliss-reactive ketones (excluding diaryl/α,β-unsaturated/α-hetero) is 1. The number of ether oxygens (including phenoxy) is 2. The highest BCUT2D eigenvalue weighted by molar-refractivity contribution is 6.31. The third-order valence-corrected chi connectivity index (χ3v) is 7.15. The van der Waals surface area contributed by atoms with Gasteiger partial charge in [0.1, 0.15) is 23.9 Å². The van der Waals surface area contributed by atoms with Crippen LogP contribution in [-0.4, -0.2) is 78.0 Å². The third-order valence-electron chi connectivity index (χ3n) is 7.15. The highest BCUT2D eigenvalue weighted by atomic mass is 16.6. The second kappa shape index (κ2) is 13.7. The van der Waals surface area contributed by atoms with E-state index in [1.165, 1.54) is 13.2 Å². The number of fused-ring (bicyclic) bond motifs is 3. The number of aliphatic hydroxyl groups excluding tert-OH is 2. The number of benzene rings is 2. The first-order valence-electron chi connectivity index (χ1n) is 13.1. The van der Waals surface area contributed by atoms with Crippen molar-refractivity contribution < 1.29 is 44.3 Å². The molecule has 212 valence electrons. The molecule has 10 nitrogen and oxygen atoms in total. The highest BCUT2D eigenvalue weighted by Gasteiger charge is 2.40. The molecular formula is C29H37NO9. The number of hydrogen-bond donors (Lipinski definition) is 5. The molecule has 2 aromatic carbocycles. The second-order valence-corrected chi connectivity index (χ2v) is 9.54. The van der Waals surface area contributed by atoms with Gasteiger partial charge in [-0.2, -0.15) is 0 Å². The van der Waals surface area contributed by atoms with Gasteiger partial charge in [0.15, 0.2) is 17.9 Å². The maximum atomic E-state index is 13.1. The molecule has 2 aliphatic carbocycles. The van der Waals surface area contributed by atoms with E-state index >= 15 is 0 Å². The molecule has 0 aromatic heterocycles. The number of phenols is 2. The van der Waals surface area contributed by atoms with Crippen LogP contribution in [-0.2, 0) is 22.4 Å². The van der Waals surface area contributed by atoms with Gasteiger partial charge < -0.3 is 35.2 Å². The lowest BCUT2D eigenvalue weighted by molar-refractivity contribution is -0.126. The van der Waals surface area contributed by atoms with Crippen molar-refractivity contribution in [2.75, 3.05) is 33.9 Å². The molecule has 2 unspecified atom stereocenters. The largest absolute Gasteiger partial charge is 0.507 e. The van der Waals surface area contributed by atoms with Crippen LogP contribution >= 0.6 is 0 Å². The van der Waals surface area contributed by atoms with E-state index in [1.54, 1.807) is 12.1 Å². The van der Waals surface area contributed by atoms with Gasteiger partial charge in [-0.05, 0) is 58.2 Å². The number of carbonyl (C=O) groups excluding carboxylic acids is 3. The maximum Gasteiger partial charge on any atom is 0.202 e. The van der Waals surface area contributed by atoms with Crippen LogP contribution in [0.4, 0.5) is 0 Å². The fourth-order valence-corrected chi connectivity index (χ4v) is 4.93. The van der Waals surface area contributed by atoms with E-state index in [-0.39, 0.29) is 63.7 Å². The Labute approximate surface area is 227 Å². The van der Waals surface area contributed by atoms with Crippen molar-refractivity contribution in [2.45, 2.75) is 51.7 Å². The molecule has 1 saturated heterocycles. The van der Waals surface area contributed by atoms with E-state index in [1.807, 2.05) is 7.05 Å². The SMILES string of the molecule is CCNC.COc1cccc2c1C(=O)c1c(O)c3c(c(O)c1C2=O)CC(C(=O)CO)CC3.OC1CCCCO1. The Balaban J connectivity index is 0.000000320. The fourth-order valence-electron chi connectivity index (χ4n) is 4.93. The summed E-state index contributed by atoms with van der Waals surface area (Å²) in [5, 5.41) is 42.4. The lowest BCUT2D eigenvalue weighted by Crippen LogP contribution is -2.28. The summed E-state index contributed by atoms with van der Waals surface area (Å²) in [6, 6.07) is 4.59. The predicted molar refractivity (Wildman–Crippen MR) is 143 cm³/mol. The summed E-state index contributed by atoms with van der Waals surface area (Å²) in [4.78, 5) is 38.1. The van der Waals surface area contributed by atoms with E-state index in [0.717, 1.165) is 32.4 Å². The minimum Gasteiger partial charge on any atom is -0.507 e. The number of phenolic OH excluding ortho intramolecular Hbond substituents is 2. The number of aliphatic hydroxyl groups is 2. The van der Waals surface area contributed by atoms with Gasteiger partial charge >= 0.3 is 0 Å². The number of nitrogens with one attached hydrogen (secondary N) is 1. The van der Waals surface area contributed by atoms with E-state index in [2.05, 4.69) is 12.2 Å². The van der Waals surface area contributed by atoms with Crippen molar-refractivity contribution in [1.82, 2.24) is 5.32 Å². The van der Waals surface area contributed by atoms with Crippen LogP contribution in [0.15, 0.2) is 18.2 Å². The van der Waals surface area contributed by atoms with Crippen LogP contribution in [0.3, 0.4) is 0 Å². The molecule has 0 spiro atoms. The number of hydrogen-bond acceptors (Lipinski definition) is 10. The van der Waals surface area contributed by atoms with Gasteiger partial charge in [0.25, 0.3) is 0 Å². The lowest BCUT2D eigenvalue weighted by Gasteiger charge is -2.29. The Morgan fingerprint density at radius 3 is 2.26 bits per heavy atom. The van der Waals surface area contributed by atoms with Crippen molar-refractivity contribution in [1.29, 1.82) is 0 Å². The van der Waals surface area contributed by atoms with Gasteiger partial charge in [-0.1, -0.05) is 19.1 Å². The van der Waals surface area contributed by atoms with Crippen molar-refractivity contribution in [3.8, 4) is 17.2 Å². The van der Waals surface area contributed by atoms with Crippen molar-refractivity contribution >= 4 is 17.3 Å². The Kier molecular flexibility index (Phi) is 10.6. The van der Waals surface area contributed by atoms with Crippen molar-refractivity contribution in [3.05, 3.63) is 51.6 Å². The minimum absolute atomic E-state index is 0.0568. The molecule has 5 N–H and O–H groups in total. The van der Waals surface area contributed by atoms with E-state index < -0.39 is 30.4 Å². The number of rotatable bonds is 4. The topological polar surface area (TPSA) is 163 Å². The van der Waals surface area contributed by atoms with Gasteiger partial charge in [-0.3, -0.25) is 14.4 Å². The Morgan fingerprint density at radius 2 is 1.72 bits per heavy atom. The normalized spacial score (nSPS) is 19.3. The number of ketones is 3. The standard InChI is InChI=1S/C21H18O7.C5H10O2.C3H9N/c1-28-14-4-2-3-11-15(14)21(27)17-16(19(11)25)20(26)12-7-9(13(23)8-22)5-6-10(12)18(17)24;6-5-3-1-2-4-7-5;1-3-4-2/h2-4,9,22,24,26H,5-8H2,1H3;5-6H,1-4H2;4H,3H2,1-2H3. The van der Waals surface area contributed by atoms with Crippen LogP contribution in [0.1, 0.15) is 75.6 Å². The predicted octanol–water partition coefficient (Wildman–Crippen LogP) is 2.28. The van der Waals surface area contributed by atoms with Gasteiger partial charge in [0.05, 0.1) is 23.8 Å². The summed E-state index contributed by atoms with van der Waals surface area (Å²) < 4.78 is 10.0. The molecular weight excluding hydrogens is 506 g/mol. The lowest BCUT2D eigenvalue weighted by atomic mass is 9.75. The first-order chi connectivity index (χ1) is 18.7. The summed E-state index contributed by atoms with van der Waals surface area (Å²) >= 11 is 0. The molecule has 1 fully saturated rings.